The third kappa shape index (κ3) is 6.96. The molecule has 0 saturated carbocycles. The molecule has 19 heteroatoms. The van der Waals surface area contributed by atoms with E-state index in [1.54, 1.807) is 0 Å². The van der Waals surface area contributed by atoms with Gasteiger partial charge in [0.15, 0.2) is 18.9 Å². The third-order valence-electron chi connectivity index (χ3n) is 8.48. The van der Waals surface area contributed by atoms with E-state index in [0.29, 0.717) is 0 Å². The van der Waals surface area contributed by atoms with Crippen LogP contribution >= 0.6 is 0 Å². The van der Waals surface area contributed by atoms with Crippen LogP contribution in [-0.2, 0) is 23.7 Å². The molecule has 44 heavy (non-hydrogen) atoms. The average Bonchev–Trinajstić information content (AvgIpc) is 3.00. The highest BCUT2D eigenvalue weighted by molar-refractivity contribution is 5.22. The highest BCUT2D eigenvalue weighted by atomic mass is 16.7. The molecule has 0 aromatic carbocycles. The van der Waals surface area contributed by atoms with Gasteiger partial charge in [-0.2, -0.15) is 0 Å². The van der Waals surface area contributed by atoms with Crippen molar-refractivity contribution in [3.63, 3.8) is 0 Å². The van der Waals surface area contributed by atoms with Crippen LogP contribution in [-0.4, -0.2) is 203 Å². The van der Waals surface area contributed by atoms with Crippen molar-refractivity contribution in [3.05, 3.63) is 11.6 Å². The zero-order valence-electron chi connectivity index (χ0n) is 23.5. The molecule has 3 saturated heterocycles. The lowest BCUT2D eigenvalue weighted by Gasteiger charge is -2.48. The fourth-order valence-electron chi connectivity index (χ4n) is 5.81. The summed E-state index contributed by atoms with van der Waals surface area (Å²) in [4.78, 5) is 0. The van der Waals surface area contributed by atoms with E-state index in [1.165, 1.54) is 13.0 Å². The molecule has 3 fully saturated rings. The predicted molar refractivity (Wildman–Crippen MR) is 138 cm³/mol. The van der Waals surface area contributed by atoms with E-state index in [9.17, 15) is 66.4 Å². The molecule has 0 radical (unpaired) electrons. The van der Waals surface area contributed by atoms with Gasteiger partial charge in [0.05, 0.1) is 38.0 Å². The summed E-state index contributed by atoms with van der Waals surface area (Å²) in [5.41, 5.74) is 0.0225. The maximum atomic E-state index is 10.9. The quantitative estimate of drug-likeness (QED) is 0.103. The Hall–Kier alpha value is -1.02. The van der Waals surface area contributed by atoms with Crippen molar-refractivity contribution in [1.29, 1.82) is 0 Å². The van der Waals surface area contributed by atoms with Crippen LogP contribution in [0.3, 0.4) is 0 Å². The zero-order chi connectivity index (χ0) is 32.6. The van der Waals surface area contributed by atoms with E-state index in [2.05, 4.69) is 5.32 Å². The van der Waals surface area contributed by atoms with Crippen molar-refractivity contribution < 1.29 is 90.1 Å². The summed E-state index contributed by atoms with van der Waals surface area (Å²) in [6.07, 6.45) is -26.6. The van der Waals surface area contributed by atoms with E-state index < -0.39 is 136 Å². The van der Waals surface area contributed by atoms with Crippen LogP contribution < -0.4 is 5.32 Å². The van der Waals surface area contributed by atoms with Gasteiger partial charge in [-0.3, -0.25) is 0 Å². The second-order valence-electron chi connectivity index (χ2n) is 11.4. The largest absolute Gasteiger partial charge is 0.394 e. The molecule has 0 amide bonds. The summed E-state index contributed by atoms with van der Waals surface area (Å²) in [5.74, 6) is 0. The molecule has 19 atom stereocenters. The van der Waals surface area contributed by atoms with Crippen molar-refractivity contribution >= 4 is 0 Å². The Kier molecular flexibility index (Phi) is 12.1. The van der Waals surface area contributed by atoms with Gasteiger partial charge in [-0.15, -0.1) is 0 Å². The molecule has 0 unspecified atom stereocenters. The first-order valence-electron chi connectivity index (χ1n) is 14.1. The molecule has 1 aliphatic carbocycles. The molecular formula is C25H43NO18. The standard InChI is InChI=1S/C25H43NO18/c1-6-11(26-8-2-7(3-27)12(30)15(33)13(8)31)14(32)19(37)24(40-6)43-22-10(5-29)42-25(20(38)17(22)35)44-21-9(4-28)41-23(39)18(36)16(21)34/h2,6,8-39H,3-5H2,1H3/t6-,8+,9-,10-,11-,12-,13+,14+,15+,16+,17-,18-,19-,20-,21+,22-,23-,24-,25+/m1/s1. The Bertz CT molecular complexity index is 958. The molecule has 4 aliphatic rings. The first-order valence-corrected chi connectivity index (χ1v) is 14.1. The third-order valence-corrected chi connectivity index (χ3v) is 8.48. The molecule has 3 heterocycles. The van der Waals surface area contributed by atoms with Gasteiger partial charge < -0.3 is 95.4 Å². The molecule has 0 aromatic heterocycles. The minimum atomic E-state index is -1.93. The Morgan fingerprint density at radius 1 is 0.636 bits per heavy atom. The van der Waals surface area contributed by atoms with Crippen molar-refractivity contribution in [3.8, 4) is 0 Å². The van der Waals surface area contributed by atoms with Gasteiger partial charge in [-0.1, -0.05) is 6.08 Å². The summed E-state index contributed by atoms with van der Waals surface area (Å²) >= 11 is 0. The first kappa shape index (κ1) is 35.8. The first-order chi connectivity index (χ1) is 20.7. The molecule has 256 valence electrons. The van der Waals surface area contributed by atoms with E-state index in [0.717, 1.165) is 0 Å². The Morgan fingerprint density at radius 2 is 1.16 bits per heavy atom. The van der Waals surface area contributed by atoms with Gasteiger partial charge in [0, 0.05) is 0 Å². The van der Waals surface area contributed by atoms with E-state index in [4.69, 9.17) is 23.7 Å². The number of ether oxygens (including phenoxy) is 5. The molecular weight excluding hydrogens is 602 g/mol. The number of hydrogen-bond donors (Lipinski definition) is 14. The fraction of sp³-hybridized carbons (Fsp3) is 0.920. The van der Waals surface area contributed by atoms with Gasteiger partial charge in [0.2, 0.25) is 0 Å². The fourth-order valence-corrected chi connectivity index (χ4v) is 5.81. The van der Waals surface area contributed by atoms with E-state index in [1.807, 2.05) is 0 Å². The molecule has 0 spiro atoms. The Balaban J connectivity index is 1.42. The van der Waals surface area contributed by atoms with Crippen molar-refractivity contribution in [2.45, 2.75) is 123 Å². The van der Waals surface area contributed by atoms with Gasteiger partial charge >= 0.3 is 0 Å². The maximum absolute atomic E-state index is 10.9. The van der Waals surface area contributed by atoms with Crippen molar-refractivity contribution in [2.24, 2.45) is 0 Å². The highest BCUT2D eigenvalue weighted by Crippen LogP contribution is 2.32. The number of rotatable bonds is 9. The lowest BCUT2D eigenvalue weighted by molar-refractivity contribution is -0.373. The molecule has 19 nitrogen and oxygen atoms in total. The lowest BCUT2D eigenvalue weighted by atomic mass is 9.86. The number of aliphatic hydroxyl groups excluding tert-OH is 13. The van der Waals surface area contributed by atoms with Crippen LogP contribution in [0, 0.1) is 0 Å². The Morgan fingerprint density at radius 3 is 1.73 bits per heavy atom. The molecule has 0 aromatic rings. The van der Waals surface area contributed by atoms with Crippen LogP contribution in [0.2, 0.25) is 0 Å². The second kappa shape index (κ2) is 14.8. The van der Waals surface area contributed by atoms with Crippen LogP contribution in [0.5, 0.6) is 0 Å². The summed E-state index contributed by atoms with van der Waals surface area (Å²) in [6.45, 7) is -0.753. The van der Waals surface area contributed by atoms with E-state index in [-0.39, 0.29) is 5.57 Å². The number of nitrogens with one attached hydrogen (secondary N) is 1. The van der Waals surface area contributed by atoms with Gasteiger partial charge in [0.1, 0.15) is 79.4 Å². The zero-order valence-corrected chi connectivity index (χ0v) is 23.5. The predicted octanol–water partition coefficient (Wildman–Crippen LogP) is -8.56. The van der Waals surface area contributed by atoms with Gasteiger partial charge in [-0.05, 0) is 12.5 Å². The molecule has 14 N–H and O–H groups in total. The monoisotopic (exact) mass is 645 g/mol. The SMILES string of the molecule is C[C@H]1O[C@H](O[C@H]2[C@H](O)[C@@H](O)[C@H](O[C@@H]3[C@@H](O)[C@@H](O)[C@H](O)O[C@@H]3CO)O[C@@H]2CO)[C@H](O)[C@@H](O)[C@@H]1N[C@H]1C=C(CO)[C@@H](O)[C@H](O)[C@H]1O. The van der Waals surface area contributed by atoms with Gasteiger partial charge in [-0.25, -0.2) is 0 Å². The number of hydrogen-bond acceptors (Lipinski definition) is 19. The van der Waals surface area contributed by atoms with Crippen molar-refractivity contribution in [2.75, 3.05) is 19.8 Å². The normalized spacial score (nSPS) is 52.0. The molecule has 4 rings (SSSR count). The molecule has 3 aliphatic heterocycles. The summed E-state index contributed by atoms with van der Waals surface area (Å²) in [6, 6.07) is -2.17. The smallest absolute Gasteiger partial charge is 0.187 e. The van der Waals surface area contributed by atoms with Crippen molar-refractivity contribution in [1.82, 2.24) is 5.32 Å². The minimum Gasteiger partial charge on any atom is -0.394 e. The summed E-state index contributed by atoms with van der Waals surface area (Å²) in [7, 11) is 0. The van der Waals surface area contributed by atoms with E-state index >= 15 is 0 Å². The van der Waals surface area contributed by atoms with Crippen LogP contribution in [0.25, 0.3) is 0 Å². The average molecular weight is 646 g/mol. The van der Waals surface area contributed by atoms with Crippen LogP contribution in [0.1, 0.15) is 6.92 Å². The summed E-state index contributed by atoms with van der Waals surface area (Å²) < 4.78 is 27.4. The van der Waals surface area contributed by atoms with Gasteiger partial charge in [0.25, 0.3) is 0 Å². The maximum Gasteiger partial charge on any atom is 0.187 e. The Labute approximate surface area is 250 Å². The molecule has 0 bridgehead atoms. The summed E-state index contributed by atoms with van der Waals surface area (Å²) in [5, 5.41) is 136. The lowest BCUT2D eigenvalue weighted by Crippen LogP contribution is -2.68. The minimum absolute atomic E-state index is 0.0225. The van der Waals surface area contributed by atoms with Crippen LogP contribution in [0.4, 0.5) is 0 Å². The topological polar surface area (TPSA) is 321 Å². The van der Waals surface area contributed by atoms with Crippen LogP contribution in [0.15, 0.2) is 11.6 Å². The highest BCUT2D eigenvalue weighted by Gasteiger charge is 2.53. The number of aliphatic hydroxyl groups is 13. The second-order valence-corrected chi connectivity index (χ2v) is 11.4.